The van der Waals surface area contributed by atoms with Crippen molar-refractivity contribution in [1.82, 2.24) is 14.5 Å². The zero-order valence-corrected chi connectivity index (χ0v) is 11.6. The topological polar surface area (TPSA) is 30.7 Å². The number of rotatable bonds is 2. The molecule has 0 amide bonds. The van der Waals surface area contributed by atoms with Crippen molar-refractivity contribution >= 4 is 22.6 Å². The SMILES string of the molecule is CC(Cl)c1nc2cnccc2n1-c1ccc(F)c(F)c1F. The molecule has 0 saturated heterocycles. The molecule has 1 aromatic carbocycles. The summed E-state index contributed by atoms with van der Waals surface area (Å²) in [4.78, 5) is 8.20. The van der Waals surface area contributed by atoms with Crippen LogP contribution in [-0.2, 0) is 0 Å². The van der Waals surface area contributed by atoms with Gasteiger partial charge in [-0.3, -0.25) is 9.55 Å². The molecule has 3 aromatic rings. The summed E-state index contributed by atoms with van der Waals surface area (Å²) in [5.74, 6) is -3.74. The van der Waals surface area contributed by atoms with Gasteiger partial charge in [-0.2, -0.15) is 0 Å². The first-order valence-electron chi connectivity index (χ1n) is 6.11. The van der Waals surface area contributed by atoms with Crippen molar-refractivity contribution in [3.05, 3.63) is 53.9 Å². The molecule has 0 fully saturated rings. The van der Waals surface area contributed by atoms with Crippen molar-refractivity contribution in [1.29, 1.82) is 0 Å². The van der Waals surface area contributed by atoms with Gasteiger partial charge in [0.05, 0.1) is 22.8 Å². The van der Waals surface area contributed by atoms with E-state index in [0.717, 1.165) is 12.1 Å². The quantitative estimate of drug-likeness (QED) is 0.526. The fraction of sp³-hybridized carbons (Fsp3) is 0.143. The van der Waals surface area contributed by atoms with E-state index in [9.17, 15) is 13.2 Å². The first kappa shape index (κ1) is 13.9. The van der Waals surface area contributed by atoms with E-state index in [0.29, 0.717) is 16.9 Å². The largest absolute Gasteiger partial charge is 0.292 e. The van der Waals surface area contributed by atoms with Crippen molar-refractivity contribution < 1.29 is 13.2 Å². The Morgan fingerprint density at radius 2 is 1.90 bits per heavy atom. The summed E-state index contributed by atoms with van der Waals surface area (Å²) in [6.45, 7) is 1.66. The Labute approximate surface area is 123 Å². The Morgan fingerprint density at radius 3 is 2.62 bits per heavy atom. The lowest BCUT2D eigenvalue weighted by atomic mass is 10.2. The van der Waals surface area contributed by atoms with Crippen molar-refractivity contribution in [3.8, 4) is 5.69 Å². The molecule has 0 aliphatic carbocycles. The van der Waals surface area contributed by atoms with E-state index in [-0.39, 0.29) is 5.69 Å². The second-order valence-electron chi connectivity index (χ2n) is 4.48. The van der Waals surface area contributed by atoms with Crippen molar-refractivity contribution in [2.75, 3.05) is 0 Å². The molecule has 1 unspecified atom stereocenters. The average molecular weight is 312 g/mol. The molecule has 0 aliphatic rings. The number of hydrogen-bond acceptors (Lipinski definition) is 2. The molecule has 0 bridgehead atoms. The van der Waals surface area contributed by atoms with E-state index >= 15 is 0 Å². The van der Waals surface area contributed by atoms with Crippen LogP contribution in [0.1, 0.15) is 18.1 Å². The Morgan fingerprint density at radius 1 is 1.14 bits per heavy atom. The summed E-state index contributed by atoms with van der Waals surface area (Å²) in [5, 5.41) is -0.551. The number of fused-ring (bicyclic) bond motifs is 1. The number of imidazole rings is 1. The zero-order chi connectivity index (χ0) is 15.1. The number of aromatic nitrogens is 3. The first-order chi connectivity index (χ1) is 10.0. The minimum atomic E-state index is -1.53. The molecule has 21 heavy (non-hydrogen) atoms. The number of pyridine rings is 1. The Kier molecular flexibility index (Phi) is 3.33. The van der Waals surface area contributed by atoms with Crippen LogP contribution in [0.15, 0.2) is 30.6 Å². The highest BCUT2D eigenvalue weighted by atomic mass is 35.5. The zero-order valence-electron chi connectivity index (χ0n) is 10.8. The molecule has 7 heteroatoms. The van der Waals surface area contributed by atoms with Crippen LogP contribution >= 0.6 is 11.6 Å². The summed E-state index contributed by atoms with van der Waals surface area (Å²) in [6, 6.07) is 3.62. The molecule has 3 rings (SSSR count). The van der Waals surface area contributed by atoms with Gasteiger partial charge in [0.2, 0.25) is 0 Å². The van der Waals surface area contributed by atoms with Crippen LogP contribution in [0.25, 0.3) is 16.7 Å². The van der Waals surface area contributed by atoms with Gasteiger partial charge in [0.1, 0.15) is 11.3 Å². The molecule has 108 valence electrons. The lowest BCUT2D eigenvalue weighted by Crippen LogP contribution is -2.06. The van der Waals surface area contributed by atoms with Gasteiger partial charge >= 0.3 is 0 Å². The molecule has 2 aromatic heterocycles. The third-order valence-electron chi connectivity index (χ3n) is 3.09. The molecular weight excluding hydrogens is 303 g/mol. The van der Waals surface area contributed by atoms with Gasteiger partial charge in [0.15, 0.2) is 17.5 Å². The molecule has 0 saturated carbocycles. The second kappa shape index (κ2) is 5.04. The normalized spacial score (nSPS) is 12.8. The van der Waals surface area contributed by atoms with E-state index in [1.165, 1.54) is 17.0 Å². The number of halogens is 4. The van der Waals surface area contributed by atoms with Gasteiger partial charge in [0, 0.05) is 6.20 Å². The van der Waals surface area contributed by atoms with E-state index in [1.807, 2.05) is 0 Å². The number of nitrogens with zero attached hydrogens (tertiary/aromatic N) is 3. The van der Waals surface area contributed by atoms with E-state index in [4.69, 9.17) is 11.6 Å². The number of benzene rings is 1. The highest BCUT2D eigenvalue weighted by Crippen LogP contribution is 2.30. The summed E-state index contributed by atoms with van der Waals surface area (Å²) in [6.07, 6.45) is 2.99. The molecule has 0 N–H and O–H groups in total. The third kappa shape index (κ3) is 2.15. The predicted octanol–water partition coefficient (Wildman–Crippen LogP) is 4.14. The monoisotopic (exact) mass is 311 g/mol. The van der Waals surface area contributed by atoms with E-state index < -0.39 is 22.8 Å². The van der Waals surface area contributed by atoms with E-state index in [1.54, 1.807) is 13.0 Å². The van der Waals surface area contributed by atoms with Gasteiger partial charge in [-0.25, -0.2) is 18.2 Å². The third-order valence-corrected chi connectivity index (χ3v) is 3.29. The number of hydrogen-bond donors (Lipinski definition) is 0. The molecule has 0 aliphatic heterocycles. The van der Waals surface area contributed by atoms with Crippen LogP contribution in [0.4, 0.5) is 13.2 Å². The van der Waals surface area contributed by atoms with Crippen molar-refractivity contribution in [2.45, 2.75) is 12.3 Å². The minimum absolute atomic E-state index is 0.148. The second-order valence-corrected chi connectivity index (χ2v) is 5.13. The Balaban J connectivity index is 2.39. The number of alkyl halides is 1. The van der Waals surface area contributed by atoms with Gasteiger partial charge in [-0.15, -0.1) is 11.6 Å². The summed E-state index contributed by atoms with van der Waals surface area (Å²) >= 11 is 6.06. The lowest BCUT2D eigenvalue weighted by Gasteiger charge is -2.12. The maximum Gasteiger partial charge on any atom is 0.196 e. The molecule has 3 nitrogen and oxygen atoms in total. The fourth-order valence-electron chi connectivity index (χ4n) is 2.16. The van der Waals surface area contributed by atoms with Crippen LogP contribution in [-0.4, -0.2) is 14.5 Å². The van der Waals surface area contributed by atoms with Crippen LogP contribution in [0.5, 0.6) is 0 Å². The van der Waals surface area contributed by atoms with Crippen molar-refractivity contribution in [2.24, 2.45) is 0 Å². The van der Waals surface area contributed by atoms with Crippen molar-refractivity contribution in [3.63, 3.8) is 0 Å². The highest BCUT2D eigenvalue weighted by molar-refractivity contribution is 6.20. The average Bonchev–Trinajstić information content (AvgIpc) is 2.85. The van der Waals surface area contributed by atoms with Crippen LogP contribution in [0, 0.1) is 17.5 Å². The van der Waals surface area contributed by atoms with Gasteiger partial charge in [0.25, 0.3) is 0 Å². The molecule has 0 spiro atoms. The highest BCUT2D eigenvalue weighted by Gasteiger charge is 2.21. The van der Waals surface area contributed by atoms with Crippen LogP contribution in [0.3, 0.4) is 0 Å². The molecular formula is C14H9ClF3N3. The molecule has 2 heterocycles. The van der Waals surface area contributed by atoms with Gasteiger partial charge < -0.3 is 0 Å². The Hall–Kier alpha value is -2.08. The van der Waals surface area contributed by atoms with Gasteiger partial charge in [-0.1, -0.05) is 0 Å². The summed E-state index contributed by atoms with van der Waals surface area (Å²) < 4.78 is 42.0. The van der Waals surface area contributed by atoms with Crippen LogP contribution in [0.2, 0.25) is 0 Å². The Bertz CT molecular complexity index is 830. The van der Waals surface area contributed by atoms with Crippen LogP contribution < -0.4 is 0 Å². The van der Waals surface area contributed by atoms with Gasteiger partial charge in [-0.05, 0) is 25.1 Å². The van der Waals surface area contributed by atoms with E-state index in [2.05, 4.69) is 9.97 Å². The summed E-state index contributed by atoms with van der Waals surface area (Å²) in [7, 11) is 0. The maximum atomic E-state index is 14.1. The standard InChI is InChI=1S/C14H9ClF3N3/c1-7(15)14-20-9-6-19-5-4-10(9)21(14)11-3-2-8(16)12(17)13(11)18/h2-7H,1H3. The molecule has 0 radical (unpaired) electrons. The predicted molar refractivity (Wildman–Crippen MR) is 73.0 cm³/mol. The minimum Gasteiger partial charge on any atom is -0.292 e. The fourth-order valence-corrected chi connectivity index (χ4v) is 2.31. The lowest BCUT2D eigenvalue weighted by molar-refractivity contribution is 0.444. The smallest absolute Gasteiger partial charge is 0.196 e. The maximum absolute atomic E-state index is 14.1. The molecule has 1 atom stereocenters. The first-order valence-corrected chi connectivity index (χ1v) is 6.54. The summed E-state index contributed by atoms with van der Waals surface area (Å²) in [5.41, 5.74) is 0.853.